The maximum atomic E-state index is 10.8. The average molecular weight is 577 g/mol. The minimum Gasteiger partial charge on any atom is -0.494 e. The van der Waals surface area contributed by atoms with Crippen LogP contribution in [0.1, 0.15) is 5.56 Å². The highest BCUT2D eigenvalue weighted by Crippen LogP contribution is 2.33. The van der Waals surface area contributed by atoms with Gasteiger partial charge in [-0.1, -0.05) is 11.6 Å². The topological polar surface area (TPSA) is 100 Å². The van der Waals surface area contributed by atoms with Crippen LogP contribution in [0.3, 0.4) is 0 Å². The lowest BCUT2D eigenvalue weighted by molar-refractivity contribution is -0.108. The summed E-state index contributed by atoms with van der Waals surface area (Å²) in [4.78, 5) is 31.5. The van der Waals surface area contributed by atoms with Crippen molar-refractivity contribution in [3.05, 3.63) is 59.5 Å². The van der Waals surface area contributed by atoms with Crippen LogP contribution in [0.2, 0.25) is 5.02 Å². The van der Waals surface area contributed by atoms with Crippen molar-refractivity contribution in [2.24, 2.45) is 0 Å². The number of aldehydes is 1. The van der Waals surface area contributed by atoms with Crippen LogP contribution < -0.4 is 15.0 Å². The van der Waals surface area contributed by atoms with E-state index in [1.54, 1.807) is 19.5 Å². The van der Waals surface area contributed by atoms with Crippen LogP contribution in [0, 0.1) is 0 Å². The van der Waals surface area contributed by atoms with E-state index < -0.39 is 0 Å². The summed E-state index contributed by atoms with van der Waals surface area (Å²) in [7, 11) is 1.65. The summed E-state index contributed by atoms with van der Waals surface area (Å²) in [5, 5.41) is 3.73. The Hall–Kier alpha value is -3.77. The van der Waals surface area contributed by atoms with Gasteiger partial charge in [0.05, 0.1) is 55.7 Å². The Kier molecular flexibility index (Phi) is 8.28. The molecule has 0 radical (unpaired) electrons. The van der Waals surface area contributed by atoms with Gasteiger partial charge in [0.15, 0.2) is 0 Å². The van der Waals surface area contributed by atoms with Gasteiger partial charge in [0.25, 0.3) is 0 Å². The molecule has 0 amide bonds. The zero-order valence-electron chi connectivity index (χ0n) is 23.0. The standard InChI is InChI=1S/C29H33ClN8O3/c1-40-26-17-22(37-8-6-35(7-9-37)10-13-39)2-3-24(26)33-29-32-18-23(30)28(34-29)25-19-31-27-16-21(4-5-38(25)27)20-36-11-14-41-15-12-36/h2-5,13,16-19H,6-12,14-15,20H2,1H3,(H,32,33,34). The lowest BCUT2D eigenvalue weighted by atomic mass is 10.2. The smallest absolute Gasteiger partial charge is 0.227 e. The molecule has 0 bridgehead atoms. The molecule has 1 N–H and O–H groups in total. The summed E-state index contributed by atoms with van der Waals surface area (Å²) < 4.78 is 13.2. The Morgan fingerprint density at radius 1 is 1.02 bits per heavy atom. The number of ether oxygens (including phenoxy) is 2. The van der Waals surface area contributed by atoms with E-state index in [1.165, 1.54) is 5.56 Å². The molecule has 2 aliphatic heterocycles. The van der Waals surface area contributed by atoms with Crippen molar-refractivity contribution in [2.45, 2.75) is 6.54 Å². The average Bonchev–Trinajstić information content (AvgIpc) is 3.42. The Labute approximate surface area is 243 Å². The van der Waals surface area contributed by atoms with Crippen molar-refractivity contribution in [3.8, 4) is 17.1 Å². The largest absolute Gasteiger partial charge is 0.494 e. The van der Waals surface area contributed by atoms with Crippen LogP contribution in [-0.4, -0.2) is 102 Å². The number of hydrogen-bond donors (Lipinski definition) is 1. The normalized spacial score (nSPS) is 16.7. The Morgan fingerprint density at radius 2 is 1.85 bits per heavy atom. The van der Waals surface area contributed by atoms with Gasteiger partial charge in [-0.25, -0.2) is 15.0 Å². The highest BCUT2D eigenvalue weighted by atomic mass is 35.5. The number of hydrogen-bond acceptors (Lipinski definition) is 10. The Bertz CT molecular complexity index is 1520. The predicted molar refractivity (Wildman–Crippen MR) is 158 cm³/mol. The third kappa shape index (κ3) is 6.13. The van der Waals surface area contributed by atoms with Gasteiger partial charge in [0.1, 0.15) is 23.4 Å². The maximum absolute atomic E-state index is 10.8. The number of nitrogens with zero attached hydrogens (tertiary/aromatic N) is 7. The lowest BCUT2D eigenvalue weighted by Gasteiger charge is -2.35. The molecular formula is C29H33ClN8O3. The molecule has 0 saturated carbocycles. The Morgan fingerprint density at radius 3 is 2.63 bits per heavy atom. The van der Waals surface area contributed by atoms with E-state index in [9.17, 15) is 4.79 Å². The molecule has 2 fully saturated rings. The number of morpholine rings is 1. The highest BCUT2D eigenvalue weighted by molar-refractivity contribution is 6.32. The SMILES string of the molecule is COc1cc(N2CCN(CC=O)CC2)ccc1Nc1ncc(Cl)c(-c2cnc3cc(CN4CCOCC4)ccn23)n1. The molecule has 2 aliphatic rings. The fourth-order valence-corrected chi connectivity index (χ4v) is 5.50. The number of benzene rings is 1. The second-order valence-corrected chi connectivity index (χ2v) is 10.6. The number of carbonyl (C=O) groups excluding carboxylic acids is 1. The molecule has 5 heterocycles. The van der Waals surface area contributed by atoms with Crippen molar-refractivity contribution in [2.75, 3.05) is 76.4 Å². The van der Waals surface area contributed by atoms with Crippen molar-refractivity contribution in [3.63, 3.8) is 0 Å². The van der Waals surface area contributed by atoms with Crippen molar-refractivity contribution < 1.29 is 14.3 Å². The summed E-state index contributed by atoms with van der Waals surface area (Å²) in [5.41, 5.74) is 5.21. The lowest BCUT2D eigenvalue weighted by Crippen LogP contribution is -2.46. The van der Waals surface area contributed by atoms with Crippen LogP contribution in [0.5, 0.6) is 5.75 Å². The third-order valence-electron chi connectivity index (χ3n) is 7.58. The van der Waals surface area contributed by atoms with E-state index in [-0.39, 0.29) is 0 Å². The molecule has 0 atom stereocenters. The van der Waals surface area contributed by atoms with E-state index in [0.29, 0.717) is 29.0 Å². The fourth-order valence-electron chi connectivity index (χ4n) is 5.32. The first-order chi connectivity index (χ1) is 20.1. The van der Waals surface area contributed by atoms with Crippen LogP contribution in [0.4, 0.5) is 17.3 Å². The zero-order valence-corrected chi connectivity index (χ0v) is 23.8. The van der Waals surface area contributed by atoms with Gasteiger partial charge in [0.2, 0.25) is 5.95 Å². The summed E-state index contributed by atoms with van der Waals surface area (Å²) in [6, 6.07) is 10.2. The number of methoxy groups -OCH3 is 1. The van der Waals surface area contributed by atoms with Crippen LogP contribution in [-0.2, 0) is 16.1 Å². The van der Waals surface area contributed by atoms with E-state index >= 15 is 0 Å². The summed E-state index contributed by atoms with van der Waals surface area (Å²) in [6.45, 7) is 8.15. The Balaban J connectivity index is 1.20. The van der Waals surface area contributed by atoms with E-state index in [2.05, 4.69) is 48.2 Å². The van der Waals surface area contributed by atoms with Gasteiger partial charge in [-0.3, -0.25) is 14.2 Å². The number of imidazole rings is 1. The zero-order chi connectivity index (χ0) is 28.2. The molecule has 3 aromatic heterocycles. The minimum absolute atomic E-state index is 0.400. The van der Waals surface area contributed by atoms with E-state index in [1.807, 2.05) is 22.7 Å². The molecule has 0 spiro atoms. The van der Waals surface area contributed by atoms with Crippen LogP contribution in [0.15, 0.2) is 48.9 Å². The van der Waals surface area contributed by atoms with Gasteiger partial charge >= 0.3 is 0 Å². The second kappa shape index (κ2) is 12.4. The van der Waals surface area contributed by atoms with Crippen molar-refractivity contribution in [1.29, 1.82) is 0 Å². The first-order valence-corrected chi connectivity index (χ1v) is 14.1. The number of pyridine rings is 1. The van der Waals surface area contributed by atoms with Crippen LogP contribution in [0.25, 0.3) is 17.0 Å². The van der Waals surface area contributed by atoms with Gasteiger partial charge in [-0.05, 0) is 29.8 Å². The highest BCUT2D eigenvalue weighted by Gasteiger charge is 2.19. The summed E-state index contributed by atoms with van der Waals surface area (Å²) in [5.74, 6) is 1.08. The number of nitrogens with one attached hydrogen (secondary N) is 1. The first-order valence-electron chi connectivity index (χ1n) is 13.8. The van der Waals surface area contributed by atoms with Gasteiger partial charge in [0, 0.05) is 63.8 Å². The molecule has 41 heavy (non-hydrogen) atoms. The fraction of sp³-hybridized carbons (Fsp3) is 0.379. The van der Waals surface area contributed by atoms with Gasteiger partial charge in [-0.2, -0.15) is 0 Å². The molecule has 1 aromatic carbocycles. The monoisotopic (exact) mass is 576 g/mol. The first kappa shape index (κ1) is 27.4. The van der Waals surface area contributed by atoms with Crippen molar-refractivity contribution >= 4 is 40.9 Å². The molecule has 0 aliphatic carbocycles. The molecule has 4 aromatic rings. The number of piperazine rings is 1. The third-order valence-corrected chi connectivity index (χ3v) is 7.85. The van der Waals surface area contributed by atoms with Gasteiger partial charge < -0.3 is 24.5 Å². The molecule has 214 valence electrons. The minimum atomic E-state index is 0.400. The number of fused-ring (bicyclic) bond motifs is 1. The van der Waals surface area contributed by atoms with E-state index in [0.717, 1.165) is 88.0 Å². The molecule has 0 unspecified atom stereocenters. The predicted octanol–water partition coefficient (Wildman–Crippen LogP) is 3.35. The number of halogens is 1. The molecular weight excluding hydrogens is 544 g/mol. The second-order valence-electron chi connectivity index (χ2n) is 10.1. The molecule has 6 rings (SSSR count). The summed E-state index contributed by atoms with van der Waals surface area (Å²) >= 11 is 6.58. The van der Waals surface area contributed by atoms with Crippen molar-refractivity contribution in [1.82, 2.24) is 29.2 Å². The summed E-state index contributed by atoms with van der Waals surface area (Å²) in [6.07, 6.45) is 6.36. The number of aromatic nitrogens is 4. The molecule has 11 nitrogen and oxygen atoms in total. The number of rotatable bonds is 9. The number of anilines is 3. The molecule has 12 heteroatoms. The quantitative estimate of drug-likeness (QED) is 0.299. The molecule has 2 saturated heterocycles. The van der Waals surface area contributed by atoms with E-state index in [4.69, 9.17) is 26.1 Å². The van der Waals surface area contributed by atoms with Gasteiger partial charge in [-0.15, -0.1) is 0 Å². The van der Waals surface area contributed by atoms with Crippen LogP contribution >= 0.6 is 11.6 Å². The maximum Gasteiger partial charge on any atom is 0.227 e. The number of carbonyl (C=O) groups is 1.